The zero-order valence-electron chi connectivity index (χ0n) is 27.3. The number of ether oxygens (including phenoxy) is 1. The first-order valence-corrected chi connectivity index (χ1v) is 16.0. The Morgan fingerprint density at radius 1 is 0.951 bits per heavy atom. The van der Waals surface area contributed by atoms with Crippen LogP contribution in [0.4, 0.5) is 0 Å². The van der Waals surface area contributed by atoms with Gasteiger partial charge in [0, 0.05) is 30.2 Å². The molecule has 1 aromatic carbocycles. The zero-order chi connectivity index (χ0) is 31.8. The van der Waals surface area contributed by atoms with Gasteiger partial charge in [-0.2, -0.15) is 0 Å². The second-order valence-corrected chi connectivity index (χ2v) is 19.2. The first-order chi connectivity index (χ1) is 18.4. The van der Waals surface area contributed by atoms with Gasteiger partial charge in [-0.15, -0.1) is 23.5 Å². The number of primary amides is 1. The van der Waals surface area contributed by atoms with Gasteiger partial charge in [-0.3, -0.25) is 9.59 Å². The molecule has 0 saturated heterocycles. The molecule has 8 heteroatoms. The number of aliphatic hydroxyl groups is 1. The summed E-state index contributed by atoms with van der Waals surface area (Å²) < 4.78 is 8.23. The van der Waals surface area contributed by atoms with Gasteiger partial charge in [0.2, 0.25) is 0 Å². The SMILES string of the molecule is C=C(O)COc1cccc2c1c(C(=O)C(N)=O)c(C)n2C(C)(CC)CC(C)(C)SC(C)(C)CC(C)(C)SC(C)(C)C. The van der Waals surface area contributed by atoms with E-state index >= 15 is 0 Å². The number of aromatic nitrogens is 1. The lowest BCUT2D eigenvalue weighted by molar-refractivity contribution is -0.114. The maximum Gasteiger partial charge on any atom is 0.289 e. The molecule has 0 saturated carbocycles. The Kier molecular flexibility index (Phi) is 10.5. The Morgan fingerprint density at radius 3 is 1.98 bits per heavy atom. The topological polar surface area (TPSA) is 94.6 Å². The highest BCUT2D eigenvalue weighted by Crippen LogP contribution is 2.51. The Balaban J connectivity index is 2.61. The van der Waals surface area contributed by atoms with Crippen LogP contribution in [0.1, 0.15) is 111 Å². The molecule has 0 radical (unpaired) electrons. The molecule has 0 aliphatic heterocycles. The summed E-state index contributed by atoms with van der Waals surface area (Å²) in [6, 6.07) is 5.54. The second kappa shape index (κ2) is 12.3. The summed E-state index contributed by atoms with van der Waals surface area (Å²) in [6.07, 6.45) is 2.68. The van der Waals surface area contributed by atoms with Crippen molar-refractivity contribution in [1.29, 1.82) is 0 Å². The molecule has 6 nitrogen and oxygen atoms in total. The third-order valence-electron chi connectivity index (χ3n) is 7.13. The number of fused-ring (bicyclic) bond motifs is 1. The van der Waals surface area contributed by atoms with Crippen molar-refractivity contribution in [3.8, 4) is 5.75 Å². The molecule has 2 rings (SSSR count). The number of Topliss-reactive ketones (excluding diaryl/α,β-unsaturated/α-hetero) is 1. The monoisotopic (exact) mass is 604 g/mol. The van der Waals surface area contributed by atoms with E-state index in [1.807, 2.05) is 42.6 Å². The van der Waals surface area contributed by atoms with Crippen molar-refractivity contribution < 1.29 is 19.4 Å². The smallest absolute Gasteiger partial charge is 0.289 e. The normalized spacial score (nSPS) is 14.6. The van der Waals surface area contributed by atoms with Gasteiger partial charge in [0.1, 0.15) is 18.1 Å². The summed E-state index contributed by atoms with van der Waals surface area (Å²) in [5, 5.41) is 10.2. The third-order valence-corrected chi connectivity index (χ3v) is 9.84. The van der Waals surface area contributed by atoms with Crippen LogP contribution in [0.2, 0.25) is 0 Å². The Bertz CT molecular complexity index is 1300. The number of benzene rings is 1. The molecular formula is C33H52N2O4S2. The van der Waals surface area contributed by atoms with Gasteiger partial charge in [0.15, 0.2) is 0 Å². The minimum Gasteiger partial charge on any atom is -0.509 e. The van der Waals surface area contributed by atoms with Crippen LogP contribution in [-0.4, -0.2) is 47.0 Å². The molecule has 0 fully saturated rings. The van der Waals surface area contributed by atoms with Crippen LogP contribution in [-0.2, 0) is 10.3 Å². The van der Waals surface area contributed by atoms with Crippen molar-refractivity contribution >= 4 is 46.1 Å². The van der Waals surface area contributed by atoms with Crippen molar-refractivity contribution in [2.24, 2.45) is 5.73 Å². The van der Waals surface area contributed by atoms with Gasteiger partial charge < -0.3 is 20.1 Å². The molecule has 0 bridgehead atoms. The summed E-state index contributed by atoms with van der Waals surface area (Å²) in [4.78, 5) is 25.3. The largest absolute Gasteiger partial charge is 0.509 e. The molecule has 3 N–H and O–H groups in total. The van der Waals surface area contributed by atoms with Crippen LogP contribution in [0.5, 0.6) is 5.75 Å². The number of nitrogens with zero attached hydrogens (tertiary/aromatic N) is 1. The highest BCUT2D eigenvalue weighted by atomic mass is 32.2. The number of ketones is 1. The number of carbonyl (C=O) groups excluding carboxylic acids is 2. The van der Waals surface area contributed by atoms with Crippen molar-refractivity contribution in [1.82, 2.24) is 4.57 Å². The second-order valence-electron chi connectivity index (χ2n) is 14.3. The highest BCUT2D eigenvalue weighted by molar-refractivity contribution is 8.02. The van der Waals surface area contributed by atoms with Gasteiger partial charge in [-0.25, -0.2) is 0 Å². The minimum absolute atomic E-state index is 0.0223. The van der Waals surface area contributed by atoms with Crippen LogP contribution >= 0.6 is 23.5 Å². The summed E-state index contributed by atoms with van der Waals surface area (Å²) in [7, 11) is 0. The fraction of sp³-hybridized carbons (Fsp3) is 0.636. The Hall–Kier alpha value is -2.06. The van der Waals surface area contributed by atoms with E-state index in [-0.39, 0.29) is 42.5 Å². The lowest BCUT2D eigenvalue weighted by Crippen LogP contribution is -2.40. The zero-order valence-corrected chi connectivity index (χ0v) is 28.9. The maximum atomic E-state index is 13.2. The maximum absolute atomic E-state index is 13.2. The summed E-state index contributed by atoms with van der Waals surface area (Å²) in [5.41, 5.74) is 6.84. The van der Waals surface area contributed by atoms with Gasteiger partial charge >= 0.3 is 0 Å². The molecule has 0 aliphatic carbocycles. The average molecular weight is 605 g/mol. The number of rotatable bonds is 14. The molecule has 1 atom stereocenters. The van der Waals surface area contributed by atoms with Crippen molar-refractivity contribution in [3.05, 3.63) is 41.8 Å². The van der Waals surface area contributed by atoms with Crippen LogP contribution < -0.4 is 10.5 Å². The Labute approximate surface area is 256 Å². The van der Waals surface area contributed by atoms with E-state index in [1.165, 1.54) is 0 Å². The third kappa shape index (κ3) is 8.96. The molecular weight excluding hydrogens is 553 g/mol. The van der Waals surface area contributed by atoms with Crippen LogP contribution in [0.15, 0.2) is 30.5 Å². The van der Waals surface area contributed by atoms with Crippen molar-refractivity contribution in [2.75, 3.05) is 6.61 Å². The summed E-state index contributed by atoms with van der Waals surface area (Å²) in [6.45, 7) is 30.4. The number of hydrogen-bond donors (Lipinski definition) is 2. The molecule has 1 unspecified atom stereocenters. The van der Waals surface area contributed by atoms with E-state index in [0.29, 0.717) is 16.8 Å². The summed E-state index contributed by atoms with van der Waals surface area (Å²) in [5.74, 6) is -1.50. The van der Waals surface area contributed by atoms with Gasteiger partial charge in [0.25, 0.3) is 11.7 Å². The standard InChI is InChI=1S/C33H52N2O4S2/c1-14-33(13,20-32(11,12)41-31(9,10)19-30(7,8)40-29(4,5)6)35-22(3)25(27(37)28(34)38)26-23(35)16-15-17-24(26)39-18-21(2)36/h15-17,36H,2,14,18-20H2,1,3-13H3,(H2,34,38). The lowest BCUT2D eigenvalue weighted by Gasteiger charge is -2.45. The number of thioether (sulfide) groups is 2. The fourth-order valence-electron chi connectivity index (χ4n) is 6.80. The Morgan fingerprint density at radius 2 is 1.49 bits per heavy atom. The minimum atomic E-state index is -1.01. The van der Waals surface area contributed by atoms with E-state index in [9.17, 15) is 14.7 Å². The average Bonchev–Trinajstić information content (AvgIpc) is 3.05. The fourth-order valence-corrected chi connectivity index (χ4v) is 11.3. The first-order valence-electron chi connectivity index (χ1n) is 14.3. The lowest BCUT2D eigenvalue weighted by atomic mass is 9.87. The highest BCUT2D eigenvalue weighted by Gasteiger charge is 2.42. The molecule has 41 heavy (non-hydrogen) atoms. The first kappa shape index (κ1) is 35.1. The van der Waals surface area contributed by atoms with Gasteiger partial charge in [-0.05, 0) is 45.2 Å². The molecule has 1 amide bonds. The summed E-state index contributed by atoms with van der Waals surface area (Å²) >= 11 is 4.03. The molecule has 1 heterocycles. The molecule has 1 aromatic heterocycles. The van der Waals surface area contributed by atoms with E-state index in [0.717, 1.165) is 24.8 Å². The van der Waals surface area contributed by atoms with E-state index in [4.69, 9.17) is 10.5 Å². The van der Waals surface area contributed by atoms with Gasteiger partial charge in [-0.1, -0.05) is 81.9 Å². The van der Waals surface area contributed by atoms with E-state index in [2.05, 4.69) is 87.3 Å². The molecule has 0 spiro atoms. The number of amides is 1. The van der Waals surface area contributed by atoms with E-state index < -0.39 is 11.7 Å². The predicted octanol–water partition coefficient (Wildman–Crippen LogP) is 8.57. The predicted molar refractivity (Wildman–Crippen MR) is 178 cm³/mol. The number of aliphatic hydroxyl groups excluding tert-OH is 1. The van der Waals surface area contributed by atoms with E-state index in [1.54, 1.807) is 6.07 Å². The number of nitrogens with two attached hydrogens (primary N) is 1. The van der Waals surface area contributed by atoms with Crippen LogP contribution in [0.25, 0.3) is 10.9 Å². The molecule has 0 aliphatic rings. The number of carbonyl (C=O) groups is 2. The van der Waals surface area contributed by atoms with Gasteiger partial charge in [0.05, 0.1) is 16.5 Å². The van der Waals surface area contributed by atoms with Crippen molar-refractivity contribution in [3.63, 3.8) is 0 Å². The van der Waals surface area contributed by atoms with Crippen LogP contribution in [0.3, 0.4) is 0 Å². The number of hydrogen-bond acceptors (Lipinski definition) is 6. The van der Waals surface area contributed by atoms with Crippen molar-refractivity contribution in [2.45, 2.75) is 127 Å². The van der Waals surface area contributed by atoms with Crippen LogP contribution in [0, 0.1) is 6.92 Å². The molecule has 2 aromatic rings. The quantitative estimate of drug-likeness (QED) is 0.127. The molecule has 230 valence electrons.